The highest BCUT2D eigenvalue weighted by Crippen LogP contribution is 2.25. The van der Waals surface area contributed by atoms with Crippen LogP contribution in [0, 0.1) is 0 Å². The molecule has 1 aliphatic rings. The molecule has 0 aromatic heterocycles. The summed E-state index contributed by atoms with van der Waals surface area (Å²) >= 11 is 0. The van der Waals surface area contributed by atoms with Crippen LogP contribution in [-0.2, 0) is 0 Å². The number of carbonyl (C=O) groups is 2. The molecule has 1 aliphatic heterocycles. The highest BCUT2D eigenvalue weighted by atomic mass is 16.5. The molecule has 5 heteroatoms. The van der Waals surface area contributed by atoms with Gasteiger partial charge in [-0.1, -0.05) is 18.2 Å². The molecular formula is C17H16N2O3. The predicted octanol–water partition coefficient (Wildman–Crippen LogP) is 2.39. The van der Waals surface area contributed by atoms with Crippen molar-refractivity contribution in [3.63, 3.8) is 0 Å². The van der Waals surface area contributed by atoms with E-state index in [2.05, 4.69) is 0 Å². The van der Waals surface area contributed by atoms with Crippen LogP contribution in [0.1, 0.15) is 20.7 Å². The maximum Gasteiger partial charge on any atom is 0.263 e. The molecule has 0 fully saturated rings. The summed E-state index contributed by atoms with van der Waals surface area (Å²) in [5.74, 6) is 0.220. The summed E-state index contributed by atoms with van der Waals surface area (Å²) in [7, 11) is 3.43. The first kappa shape index (κ1) is 14.1. The van der Waals surface area contributed by atoms with Crippen molar-refractivity contribution in [1.29, 1.82) is 0 Å². The smallest absolute Gasteiger partial charge is 0.263 e. The van der Waals surface area contributed by atoms with Crippen LogP contribution in [0.5, 0.6) is 5.75 Å². The van der Waals surface area contributed by atoms with Crippen LogP contribution in [0.25, 0.3) is 0 Å². The lowest BCUT2D eigenvalue weighted by molar-refractivity contribution is 0.0656. The fourth-order valence-corrected chi connectivity index (χ4v) is 2.51. The van der Waals surface area contributed by atoms with Gasteiger partial charge in [-0.15, -0.1) is 0 Å². The van der Waals surface area contributed by atoms with Gasteiger partial charge in [-0.3, -0.25) is 14.5 Å². The molecule has 0 unspecified atom stereocenters. The molecule has 112 valence electrons. The van der Waals surface area contributed by atoms with Crippen LogP contribution in [-0.4, -0.2) is 37.5 Å². The van der Waals surface area contributed by atoms with E-state index in [1.807, 2.05) is 36.2 Å². The molecule has 0 spiro atoms. The maximum absolute atomic E-state index is 12.4. The molecule has 22 heavy (non-hydrogen) atoms. The molecular weight excluding hydrogens is 280 g/mol. The van der Waals surface area contributed by atoms with Crippen molar-refractivity contribution in [3.8, 4) is 5.75 Å². The summed E-state index contributed by atoms with van der Waals surface area (Å²) in [6.45, 7) is 0.194. The van der Waals surface area contributed by atoms with Crippen molar-refractivity contribution >= 4 is 17.5 Å². The Balaban J connectivity index is 1.82. The van der Waals surface area contributed by atoms with Gasteiger partial charge in [0.2, 0.25) is 0 Å². The van der Waals surface area contributed by atoms with Crippen molar-refractivity contribution in [2.75, 3.05) is 25.7 Å². The van der Waals surface area contributed by atoms with Gasteiger partial charge in [0.1, 0.15) is 12.4 Å². The Morgan fingerprint density at radius 2 is 1.64 bits per heavy atom. The Hall–Kier alpha value is -2.82. The summed E-state index contributed by atoms with van der Waals surface area (Å²) < 4.78 is 5.19. The topological polar surface area (TPSA) is 49.9 Å². The zero-order chi connectivity index (χ0) is 15.7. The van der Waals surface area contributed by atoms with E-state index in [0.29, 0.717) is 11.1 Å². The molecule has 5 nitrogen and oxygen atoms in total. The molecule has 0 saturated heterocycles. The summed E-state index contributed by atoms with van der Waals surface area (Å²) in [4.78, 5) is 27.8. The van der Waals surface area contributed by atoms with Crippen molar-refractivity contribution in [1.82, 2.24) is 4.90 Å². The molecule has 2 aromatic carbocycles. The first-order valence-electron chi connectivity index (χ1n) is 6.92. The number of anilines is 1. The van der Waals surface area contributed by atoms with Gasteiger partial charge in [-0.05, 0) is 24.3 Å². The number of imide groups is 1. The SMILES string of the molecule is COc1cccc(N(C)CN2C(=O)c3ccccc3C2=O)c1. The molecule has 0 atom stereocenters. The summed E-state index contributed by atoms with van der Waals surface area (Å²) in [6.07, 6.45) is 0. The average molecular weight is 296 g/mol. The minimum absolute atomic E-state index is 0.194. The number of nitrogens with zero attached hydrogens (tertiary/aromatic N) is 2. The molecule has 3 rings (SSSR count). The lowest BCUT2D eigenvalue weighted by Crippen LogP contribution is -2.39. The van der Waals surface area contributed by atoms with Crippen LogP contribution >= 0.6 is 0 Å². The number of amides is 2. The Kier molecular flexibility index (Phi) is 3.55. The van der Waals surface area contributed by atoms with Crippen molar-refractivity contribution < 1.29 is 14.3 Å². The van der Waals surface area contributed by atoms with Crippen LogP contribution in [0.15, 0.2) is 48.5 Å². The van der Waals surface area contributed by atoms with Gasteiger partial charge in [0.05, 0.1) is 18.2 Å². The zero-order valence-electron chi connectivity index (χ0n) is 12.4. The Morgan fingerprint density at radius 1 is 1.00 bits per heavy atom. The minimum atomic E-state index is -0.254. The highest BCUT2D eigenvalue weighted by molar-refractivity contribution is 6.21. The second kappa shape index (κ2) is 5.52. The molecule has 2 amide bonds. The molecule has 2 aromatic rings. The third-order valence-corrected chi connectivity index (χ3v) is 3.73. The lowest BCUT2D eigenvalue weighted by atomic mass is 10.1. The molecule has 0 radical (unpaired) electrons. The second-order valence-electron chi connectivity index (χ2n) is 5.12. The predicted molar refractivity (Wildman–Crippen MR) is 83.2 cm³/mol. The Bertz CT molecular complexity index is 707. The zero-order valence-corrected chi connectivity index (χ0v) is 12.4. The molecule has 0 aliphatic carbocycles. The number of hydrogen-bond donors (Lipinski definition) is 0. The van der Waals surface area contributed by atoms with E-state index in [1.54, 1.807) is 31.4 Å². The van der Waals surface area contributed by atoms with Gasteiger partial charge in [-0.25, -0.2) is 0 Å². The highest BCUT2D eigenvalue weighted by Gasteiger charge is 2.35. The van der Waals surface area contributed by atoms with E-state index in [0.717, 1.165) is 11.4 Å². The number of ether oxygens (including phenoxy) is 1. The van der Waals surface area contributed by atoms with Gasteiger partial charge in [0, 0.05) is 18.8 Å². The van der Waals surface area contributed by atoms with Gasteiger partial charge in [0.25, 0.3) is 11.8 Å². The number of methoxy groups -OCH3 is 1. The lowest BCUT2D eigenvalue weighted by Gasteiger charge is -2.25. The van der Waals surface area contributed by atoms with E-state index < -0.39 is 0 Å². The first-order chi connectivity index (χ1) is 10.6. The summed E-state index contributed by atoms with van der Waals surface area (Å²) in [5, 5.41) is 0. The van der Waals surface area contributed by atoms with E-state index in [9.17, 15) is 9.59 Å². The van der Waals surface area contributed by atoms with Crippen LogP contribution in [0.2, 0.25) is 0 Å². The molecule has 1 heterocycles. The molecule has 0 bridgehead atoms. The number of rotatable bonds is 4. The molecule has 0 N–H and O–H groups in total. The second-order valence-corrected chi connectivity index (χ2v) is 5.12. The quantitative estimate of drug-likeness (QED) is 0.813. The monoisotopic (exact) mass is 296 g/mol. The largest absolute Gasteiger partial charge is 0.497 e. The standard InChI is InChI=1S/C17H16N2O3/c1-18(12-6-5-7-13(10-12)22-2)11-19-16(20)14-8-3-4-9-15(14)17(19)21/h3-10H,11H2,1-2H3. The fraction of sp³-hybridized carbons (Fsp3) is 0.176. The summed E-state index contributed by atoms with van der Waals surface area (Å²) in [6, 6.07) is 14.4. The van der Waals surface area contributed by atoms with Crippen LogP contribution < -0.4 is 9.64 Å². The number of fused-ring (bicyclic) bond motifs is 1. The van der Waals surface area contributed by atoms with E-state index >= 15 is 0 Å². The van der Waals surface area contributed by atoms with Crippen molar-refractivity contribution in [2.45, 2.75) is 0 Å². The molecule has 0 saturated carbocycles. The third-order valence-electron chi connectivity index (χ3n) is 3.73. The number of benzene rings is 2. The normalized spacial score (nSPS) is 13.3. The Labute approximate surface area is 128 Å². The fourth-order valence-electron chi connectivity index (χ4n) is 2.51. The van der Waals surface area contributed by atoms with Crippen molar-refractivity contribution in [2.24, 2.45) is 0 Å². The summed E-state index contributed by atoms with van der Waals surface area (Å²) in [5.41, 5.74) is 1.80. The van der Waals surface area contributed by atoms with Gasteiger partial charge in [-0.2, -0.15) is 0 Å². The third kappa shape index (κ3) is 2.30. The maximum atomic E-state index is 12.4. The van der Waals surface area contributed by atoms with Gasteiger partial charge >= 0.3 is 0 Å². The van der Waals surface area contributed by atoms with Gasteiger partial charge < -0.3 is 9.64 Å². The van der Waals surface area contributed by atoms with Crippen molar-refractivity contribution in [3.05, 3.63) is 59.7 Å². The van der Waals surface area contributed by atoms with E-state index in [-0.39, 0.29) is 18.5 Å². The van der Waals surface area contributed by atoms with Gasteiger partial charge in [0.15, 0.2) is 0 Å². The first-order valence-corrected chi connectivity index (χ1v) is 6.92. The van der Waals surface area contributed by atoms with E-state index in [1.165, 1.54) is 4.90 Å². The number of hydrogen-bond acceptors (Lipinski definition) is 4. The minimum Gasteiger partial charge on any atom is -0.497 e. The average Bonchev–Trinajstić information content (AvgIpc) is 2.80. The number of carbonyl (C=O) groups excluding carboxylic acids is 2. The van der Waals surface area contributed by atoms with Crippen LogP contribution in [0.4, 0.5) is 5.69 Å². The van der Waals surface area contributed by atoms with Crippen LogP contribution in [0.3, 0.4) is 0 Å². The Morgan fingerprint density at radius 3 is 2.23 bits per heavy atom. The van der Waals surface area contributed by atoms with E-state index in [4.69, 9.17) is 4.74 Å².